The number of carbonyl (C=O) groups is 1. The zero-order chi connectivity index (χ0) is 10.7. The number of halogens is 2. The molecule has 1 N–H and O–H groups in total. The standard InChI is InChI=1S/C10H10Br2O2/c1-6(11)10(14)9-3-2-8(12)4-7(9)5-13/h2-4,6,13H,5H2,1H3. The number of Topliss-reactive ketones (excluding diaryl/α,β-unsaturated/α-hetero) is 1. The largest absolute Gasteiger partial charge is 0.392 e. The molecule has 2 nitrogen and oxygen atoms in total. The molecular weight excluding hydrogens is 312 g/mol. The average molecular weight is 322 g/mol. The van der Waals surface area contributed by atoms with Gasteiger partial charge in [0.05, 0.1) is 11.4 Å². The number of carbonyl (C=O) groups excluding carboxylic acids is 1. The molecular formula is C10H10Br2O2. The second kappa shape index (κ2) is 5.05. The van der Waals surface area contributed by atoms with E-state index in [-0.39, 0.29) is 17.2 Å². The lowest BCUT2D eigenvalue weighted by Crippen LogP contribution is -2.12. The molecule has 0 aromatic heterocycles. The first-order valence-corrected chi connectivity index (χ1v) is 5.84. The molecule has 76 valence electrons. The summed E-state index contributed by atoms with van der Waals surface area (Å²) in [4.78, 5) is 11.4. The molecule has 0 aliphatic carbocycles. The minimum Gasteiger partial charge on any atom is -0.392 e. The monoisotopic (exact) mass is 320 g/mol. The Morgan fingerprint density at radius 1 is 1.57 bits per heavy atom. The van der Waals surface area contributed by atoms with Crippen molar-refractivity contribution in [1.29, 1.82) is 0 Å². The van der Waals surface area contributed by atoms with Gasteiger partial charge in [-0.3, -0.25) is 4.79 Å². The maximum Gasteiger partial charge on any atom is 0.176 e. The van der Waals surface area contributed by atoms with Crippen LogP contribution >= 0.6 is 31.9 Å². The van der Waals surface area contributed by atoms with Crippen LogP contribution in [0.1, 0.15) is 22.8 Å². The molecule has 0 saturated carbocycles. The lowest BCUT2D eigenvalue weighted by atomic mass is 10.0. The zero-order valence-corrected chi connectivity index (χ0v) is 10.8. The van der Waals surface area contributed by atoms with E-state index in [4.69, 9.17) is 5.11 Å². The summed E-state index contributed by atoms with van der Waals surface area (Å²) >= 11 is 6.50. The van der Waals surface area contributed by atoms with Gasteiger partial charge in [-0.2, -0.15) is 0 Å². The normalized spacial score (nSPS) is 12.6. The molecule has 1 atom stereocenters. The highest BCUT2D eigenvalue weighted by molar-refractivity contribution is 9.10. The van der Waals surface area contributed by atoms with E-state index in [0.29, 0.717) is 11.1 Å². The maximum absolute atomic E-state index is 11.7. The average Bonchev–Trinajstić information content (AvgIpc) is 2.16. The molecule has 0 fully saturated rings. The van der Waals surface area contributed by atoms with E-state index >= 15 is 0 Å². The highest BCUT2D eigenvalue weighted by atomic mass is 79.9. The first-order valence-electron chi connectivity index (χ1n) is 4.14. The summed E-state index contributed by atoms with van der Waals surface area (Å²) in [6.45, 7) is 1.64. The van der Waals surface area contributed by atoms with E-state index in [1.165, 1.54) is 0 Å². The molecule has 1 aromatic carbocycles. The van der Waals surface area contributed by atoms with E-state index < -0.39 is 0 Å². The molecule has 1 rings (SSSR count). The summed E-state index contributed by atoms with van der Waals surface area (Å²) < 4.78 is 0.861. The molecule has 14 heavy (non-hydrogen) atoms. The van der Waals surface area contributed by atoms with Gasteiger partial charge in [-0.05, 0) is 30.7 Å². The van der Waals surface area contributed by atoms with Crippen LogP contribution in [0, 0.1) is 0 Å². The summed E-state index contributed by atoms with van der Waals surface area (Å²) in [5.74, 6) is -0.0125. The van der Waals surface area contributed by atoms with Crippen LogP contribution in [0.2, 0.25) is 0 Å². The van der Waals surface area contributed by atoms with Gasteiger partial charge in [0, 0.05) is 10.0 Å². The Kier molecular flexibility index (Phi) is 4.29. The summed E-state index contributed by atoms with van der Waals surface area (Å²) in [5, 5.41) is 9.09. The number of aliphatic hydroxyl groups excluding tert-OH is 1. The number of hydrogen-bond acceptors (Lipinski definition) is 2. The van der Waals surface area contributed by atoms with Crippen molar-refractivity contribution in [3.05, 3.63) is 33.8 Å². The number of aliphatic hydroxyl groups is 1. The third-order valence-corrected chi connectivity index (χ3v) is 2.77. The van der Waals surface area contributed by atoms with Crippen LogP contribution in [0.4, 0.5) is 0 Å². The topological polar surface area (TPSA) is 37.3 Å². The third-order valence-electron chi connectivity index (χ3n) is 1.86. The lowest BCUT2D eigenvalue weighted by molar-refractivity contribution is 0.0993. The Bertz CT molecular complexity index is 348. The summed E-state index contributed by atoms with van der Waals surface area (Å²) in [6, 6.07) is 5.26. The number of hydrogen-bond donors (Lipinski definition) is 1. The highest BCUT2D eigenvalue weighted by Gasteiger charge is 2.15. The molecule has 0 aliphatic heterocycles. The van der Waals surface area contributed by atoms with Crippen molar-refractivity contribution < 1.29 is 9.90 Å². The fourth-order valence-corrected chi connectivity index (χ4v) is 1.80. The molecule has 1 aromatic rings. The first kappa shape index (κ1) is 11.9. The Hall–Kier alpha value is -0.190. The minimum atomic E-state index is -0.228. The predicted molar refractivity (Wildman–Crippen MR) is 62.8 cm³/mol. The van der Waals surface area contributed by atoms with Gasteiger partial charge >= 0.3 is 0 Å². The van der Waals surface area contributed by atoms with Crippen LogP contribution in [-0.2, 0) is 6.61 Å². The summed E-state index contributed by atoms with van der Waals surface area (Å²) in [5.41, 5.74) is 1.22. The predicted octanol–water partition coefficient (Wildman–Crippen LogP) is 2.91. The van der Waals surface area contributed by atoms with Gasteiger partial charge in [-0.25, -0.2) is 0 Å². The van der Waals surface area contributed by atoms with Gasteiger partial charge in [-0.15, -0.1) is 0 Å². The third kappa shape index (κ3) is 2.65. The van der Waals surface area contributed by atoms with Gasteiger partial charge in [-0.1, -0.05) is 31.9 Å². The van der Waals surface area contributed by atoms with Gasteiger partial charge < -0.3 is 5.11 Å². The van der Waals surface area contributed by atoms with Crippen molar-refractivity contribution in [3.8, 4) is 0 Å². The van der Waals surface area contributed by atoms with Crippen molar-refractivity contribution in [2.75, 3.05) is 0 Å². The molecule has 0 saturated heterocycles. The van der Waals surface area contributed by atoms with Crippen molar-refractivity contribution in [3.63, 3.8) is 0 Å². The number of ketones is 1. The molecule has 0 heterocycles. The Morgan fingerprint density at radius 2 is 2.21 bits per heavy atom. The van der Waals surface area contributed by atoms with Crippen LogP contribution in [0.25, 0.3) is 0 Å². The van der Waals surface area contributed by atoms with E-state index in [1.807, 2.05) is 0 Å². The van der Waals surface area contributed by atoms with Gasteiger partial charge in [0.2, 0.25) is 0 Å². The number of alkyl halides is 1. The molecule has 0 bridgehead atoms. The molecule has 4 heteroatoms. The second-order valence-electron chi connectivity index (χ2n) is 2.94. The van der Waals surface area contributed by atoms with E-state index in [9.17, 15) is 4.79 Å². The van der Waals surface area contributed by atoms with Crippen molar-refractivity contribution in [1.82, 2.24) is 0 Å². The van der Waals surface area contributed by atoms with Gasteiger partial charge in [0.25, 0.3) is 0 Å². The maximum atomic E-state index is 11.7. The smallest absolute Gasteiger partial charge is 0.176 e. The summed E-state index contributed by atoms with van der Waals surface area (Å²) in [7, 11) is 0. The van der Waals surface area contributed by atoms with Crippen molar-refractivity contribution in [2.24, 2.45) is 0 Å². The second-order valence-corrected chi connectivity index (χ2v) is 5.23. The summed E-state index contributed by atoms with van der Waals surface area (Å²) in [6.07, 6.45) is 0. The minimum absolute atomic E-state index is 0.0125. The van der Waals surface area contributed by atoms with Crippen LogP contribution in [-0.4, -0.2) is 15.7 Å². The molecule has 0 radical (unpaired) electrons. The van der Waals surface area contributed by atoms with Crippen molar-refractivity contribution >= 4 is 37.6 Å². The van der Waals surface area contributed by atoms with Crippen LogP contribution in [0.15, 0.2) is 22.7 Å². The zero-order valence-electron chi connectivity index (χ0n) is 7.63. The first-order chi connectivity index (χ1) is 6.56. The van der Waals surface area contributed by atoms with Crippen LogP contribution < -0.4 is 0 Å². The van der Waals surface area contributed by atoms with Gasteiger partial charge in [0.15, 0.2) is 5.78 Å². The van der Waals surface area contributed by atoms with Crippen LogP contribution in [0.3, 0.4) is 0 Å². The Morgan fingerprint density at radius 3 is 2.71 bits per heavy atom. The van der Waals surface area contributed by atoms with Crippen LogP contribution in [0.5, 0.6) is 0 Å². The molecule has 0 amide bonds. The van der Waals surface area contributed by atoms with E-state index in [2.05, 4.69) is 31.9 Å². The number of benzene rings is 1. The Labute approximate surface area is 99.6 Å². The van der Waals surface area contributed by atoms with E-state index in [0.717, 1.165) is 4.47 Å². The van der Waals surface area contributed by atoms with E-state index in [1.54, 1.807) is 25.1 Å². The Balaban J connectivity index is 3.14. The number of rotatable bonds is 3. The fraction of sp³-hybridized carbons (Fsp3) is 0.300. The lowest BCUT2D eigenvalue weighted by Gasteiger charge is -2.08. The van der Waals surface area contributed by atoms with Gasteiger partial charge in [0.1, 0.15) is 0 Å². The SMILES string of the molecule is CC(Br)C(=O)c1ccc(Br)cc1CO. The quantitative estimate of drug-likeness (QED) is 0.686. The van der Waals surface area contributed by atoms with Crippen molar-refractivity contribution in [2.45, 2.75) is 18.4 Å². The highest BCUT2D eigenvalue weighted by Crippen LogP contribution is 2.19. The molecule has 0 spiro atoms. The fourth-order valence-electron chi connectivity index (χ4n) is 1.15. The molecule has 1 unspecified atom stereocenters. The molecule has 0 aliphatic rings.